The summed E-state index contributed by atoms with van der Waals surface area (Å²) in [4.78, 5) is 12.6. The van der Waals surface area contributed by atoms with Crippen LogP contribution in [0.1, 0.15) is 76.1 Å². The lowest BCUT2D eigenvalue weighted by Crippen LogP contribution is -2.08. The Morgan fingerprint density at radius 1 is 0.711 bits per heavy atom. The Kier molecular flexibility index (Phi) is 12.5. The maximum absolute atomic E-state index is 12.6. The normalized spacial score (nSPS) is 11.9. The summed E-state index contributed by atoms with van der Waals surface area (Å²) in [5.41, 5.74) is 2.61. The maximum atomic E-state index is 12.6. The first-order valence-electron chi connectivity index (χ1n) is 14.0. The Balaban J connectivity index is 1.42. The van der Waals surface area contributed by atoms with Crippen LogP contribution in [0.15, 0.2) is 84.9 Å². The predicted octanol–water partition coefficient (Wildman–Crippen LogP) is 9.29. The van der Waals surface area contributed by atoms with Gasteiger partial charge in [0.2, 0.25) is 0 Å². The molecule has 0 saturated carbocycles. The fourth-order valence-electron chi connectivity index (χ4n) is 3.78. The molecular weight excluding hydrogens is 472 g/mol. The van der Waals surface area contributed by atoms with E-state index < -0.39 is 0 Å². The van der Waals surface area contributed by atoms with Crippen molar-refractivity contribution in [2.45, 2.75) is 65.7 Å². The second-order valence-electron chi connectivity index (χ2n) is 9.74. The number of unbranched alkanes of at least 4 members (excludes halogenated alkanes) is 4. The number of benzene rings is 3. The molecule has 3 aromatic rings. The van der Waals surface area contributed by atoms with Crippen LogP contribution in [0.4, 0.5) is 0 Å². The highest BCUT2D eigenvalue weighted by Gasteiger charge is 2.10. The molecule has 0 radical (unpaired) electrons. The smallest absolute Gasteiger partial charge is 0.343 e. The lowest BCUT2D eigenvalue weighted by atomic mass is 10.0. The van der Waals surface area contributed by atoms with Gasteiger partial charge in [0.05, 0.1) is 18.8 Å². The van der Waals surface area contributed by atoms with Gasteiger partial charge in [-0.05, 0) is 91.3 Å². The van der Waals surface area contributed by atoms with Gasteiger partial charge in [-0.3, -0.25) is 0 Å². The van der Waals surface area contributed by atoms with Gasteiger partial charge in [0, 0.05) is 0 Å². The van der Waals surface area contributed by atoms with Gasteiger partial charge >= 0.3 is 5.97 Å². The molecular formula is C34H42O4. The third-order valence-corrected chi connectivity index (χ3v) is 6.50. The first-order valence-corrected chi connectivity index (χ1v) is 14.0. The molecule has 202 valence electrons. The molecule has 0 amide bonds. The number of allylic oxidation sites excluding steroid dienone is 2. The molecule has 0 aliphatic carbocycles. The summed E-state index contributed by atoms with van der Waals surface area (Å²) in [6, 6.07) is 22.7. The SMILES string of the molecule is CCCC/C=C\CCCCOc1ccc(OC(=O)c2ccc(-c3ccc(OC[C@@H](C)CC)cc3)cc2)cc1. The van der Waals surface area contributed by atoms with Crippen LogP contribution in [-0.2, 0) is 0 Å². The minimum absolute atomic E-state index is 0.383. The summed E-state index contributed by atoms with van der Waals surface area (Å²) in [7, 11) is 0. The van der Waals surface area contributed by atoms with Crippen LogP contribution in [0.25, 0.3) is 11.1 Å². The summed E-state index contributed by atoms with van der Waals surface area (Å²) in [5.74, 6) is 2.30. The van der Waals surface area contributed by atoms with Crippen LogP contribution in [0, 0.1) is 5.92 Å². The van der Waals surface area contributed by atoms with E-state index in [9.17, 15) is 4.79 Å². The van der Waals surface area contributed by atoms with Crippen LogP contribution in [0.5, 0.6) is 17.2 Å². The Hall–Kier alpha value is -3.53. The van der Waals surface area contributed by atoms with E-state index in [2.05, 4.69) is 32.9 Å². The fourth-order valence-corrected chi connectivity index (χ4v) is 3.78. The Labute approximate surface area is 228 Å². The standard InChI is InChI=1S/C34H42O4/c1-4-6-7-8-9-10-11-12-25-36-31-21-23-33(24-22-31)38-34(35)30-15-13-28(14-16-30)29-17-19-32(20-18-29)37-26-27(3)5-2/h8-9,13-24,27H,4-7,10-12,25-26H2,1-3H3/b9-8-/t27-/m0/s1. The summed E-state index contributed by atoms with van der Waals surface area (Å²) in [5, 5.41) is 0. The van der Waals surface area contributed by atoms with E-state index in [1.54, 1.807) is 24.3 Å². The van der Waals surface area contributed by atoms with Crippen LogP contribution in [0.3, 0.4) is 0 Å². The van der Waals surface area contributed by atoms with Gasteiger partial charge in [-0.2, -0.15) is 0 Å². The highest BCUT2D eigenvalue weighted by Crippen LogP contribution is 2.24. The van der Waals surface area contributed by atoms with Crippen molar-refractivity contribution < 1.29 is 19.0 Å². The van der Waals surface area contributed by atoms with Gasteiger partial charge in [-0.1, -0.05) is 76.5 Å². The molecule has 0 spiro atoms. The van der Waals surface area contributed by atoms with E-state index in [0.717, 1.165) is 54.9 Å². The summed E-state index contributed by atoms with van der Waals surface area (Å²) >= 11 is 0. The molecule has 0 unspecified atom stereocenters. The van der Waals surface area contributed by atoms with Gasteiger partial charge in [0.25, 0.3) is 0 Å². The van der Waals surface area contributed by atoms with Crippen molar-refractivity contribution >= 4 is 5.97 Å². The molecule has 3 aromatic carbocycles. The fraction of sp³-hybridized carbons (Fsp3) is 0.382. The largest absolute Gasteiger partial charge is 0.494 e. The first kappa shape index (κ1) is 29.0. The van der Waals surface area contributed by atoms with E-state index in [1.807, 2.05) is 48.5 Å². The zero-order chi connectivity index (χ0) is 27.0. The van der Waals surface area contributed by atoms with E-state index in [0.29, 0.717) is 23.8 Å². The van der Waals surface area contributed by atoms with E-state index in [-0.39, 0.29) is 5.97 Å². The highest BCUT2D eigenvalue weighted by molar-refractivity contribution is 5.91. The third kappa shape index (κ3) is 10.1. The maximum Gasteiger partial charge on any atom is 0.343 e. The predicted molar refractivity (Wildman–Crippen MR) is 156 cm³/mol. The average molecular weight is 515 g/mol. The molecule has 3 rings (SSSR count). The molecule has 38 heavy (non-hydrogen) atoms. The van der Waals surface area contributed by atoms with Gasteiger partial charge in [-0.15, -0.1) is 0 Å². The lowest BCUT2D eigenvalue weighted by molar-refractivity contribution is 0.0734. The molecule has 0 aromatic heterocycles. The van der Waals surface area contributed by atoms with Crippen molar-refractivity contribution in [2.75, 3.05) is 13.2 Å². The minimum Gasteiger partial charge on any atom is -0.494 e. The monoisotopic (exact) mass is 514 g/mol. The van der Waals surface area contributed by atoms with Crippen molar-refractivity contribution in [1.29, 1.82) is 0 Å². The Morgan fingerprint density at radius 3 is 1.89 bits per heavy atom. The van der Waals surface area contributed by atoms with Gasteiger partial charge in [0.15, 0.2) is 0 Å². The number of hydrogen-bond acceptors (Lipinski definition) is 4. The van der Waals surface area contributed by atoms with Gasteiger partial charge < -0.3 is 14.2 Å². The Bertz CT molecular complexity index is 1100. The zero-order valence-electron chi connectivity index (χ0n) is 23.2. The van der Waals surface area contributed by atoms with Crippen LogP contribution < -0.4 is 14.2 Å². The lowest BCUT2D eigenvalue weighted by Gasteiger charge is -2.11. The minimum atomic E-state index is -0.383. The van der Waals surface area contributed by atoms with Crippen LogP contribution in [0.2, 0.25) is 0 Å². The van der Waals surface area contributed by atoms with Crippen molar-refractivity contribution in [3.05, 3.63) is 90.5 Å². The molecule has 1 atom stereocenters. The first-order chi connectivity index (χ1) is 18.6. The molecule has 0 aliphatic rings. The number of esters is 1. The van der Waals surface area contributed by atoms with Crippen LogP contribution in [-0.4, -0.2) is 19.2 Å². The van der Waals surface area contributed by atoms with Gasteiger partial charge in [0.1, 0.15) is 17.2 Å². The molecule has 0 fully saturated rings. The number of rotatable bonds is 16. The van der Waals surface area contributed by atoms with E-state index >= 15 is 0 Å². The molecule has 0 aliphatic heterocycles. The molecule has 4 heteroatoms. The van der Waals surface area contributed by atoms with Crippen molar-refractivity contribution in [1.82, 2.24) is 0 Å². The summed E-state index contributed by atoms with van der Waals surface area (Å²) in [6.45, 7) is 7.97. The molecule has 0 bridgehead atoms. The molecule has 0 heterocycles. The van der Waals surface area contributed by atoms with E-state index in [4.69, 9.17) is 14.2 Å². The van der Waals surface area contributed by atoms with E-state index in [1.165, 1.54) is 19.3 Å². The molecule has 0 N–H and O–H groups in total. The average Bonchev–Trinajstić information content (AvgIpc) is 2.96. The third-order valence-electron chi connectivity index (χ3n) is 6.50. The number of carbonyl (C=O) groups excluding carboxylic acids is 1. The van der Waals surface area contributed by atoms with Crippen LogP contribution >= 0.6 is 0 Å². The molecule has 0 saturated heterocycles. The second kappa shape index (κ2) is 16.3. The Morgan fingerprint density at radius 2 is 1.26 bits per heavy atom. The number of ether oxygens (including phenoxy) is 3. The highest BCUT2D eigenvalue weighted by atomic mass is 16.5. The topological polar surface area (TPSA) is 44.8 Å². The number of hydrogen-bond donors (Lipinski definition) is 0. The summed E-state index contributed by atoms with van der Waals surface area (Å²) in [6.07, 6.45) is 12.6. The zero-order valence-corrected chi connectivity index (χ0v) is 23.2. The van der Waals surface area contributed by atoms with Crippen molar-refractivity contribution in [3.63, 3.8) is 0 Å². The summed E-state index contributed by atoms with van der Waals surface area (Å²) < 4.78 is 17.2. The van der Waals surface area contributed by atoms with Crippen molar-refractivity contribution in [2.24, 2.45) is 5.92 Å². The number of carbonyl (C=O) groups is 1. The molecule has 4 nitrogen and oxygen atoms in total. The van der Waals surface area contributed by atoms with Gasteiger partial charge in [-0.25, -0.2) is 4.79 Å². The van der Waals surface area contributed by atoms with Crippen molar-refractivity contribution in [3.8, 4) is 28.4 Å². The quantitative estimate of drug-likeness (QED) is 0.0827. The second-order valence-corrected chi connectivity index (χ2v) is 9.74.